The fourth-order valence-corrected chi connectivity index (χ4v) is 2.59. The van der Waals surface area contributed by atoms with E-state index in [1.807, 2.05) is 54.6 Å². The molecule has 0 bridgehead atoms. The van der Waals surface area contributed by atoms with Gasteiger partial charge in [0.15, 0.2) is 0 Å². The number of ether oxygens (including phenoxy) is 2. The summed E-state index contributed by atoms with van der Waals surface area (Å²) in [4.78, 5) is 24.3. The highest BCUT2D eigenvalue weighted by Crippen LogP contribution is 2.20. The minimum Gasteiger partial charge on any atom is -0.464 e. The van der Waals surface area contributed by atoms with Gasteiger partial charge in [0.2, 0.25) is 0 Å². The molecule has 0 saturated heterocycles. The monoisotopic (exact) mass is 369 g/mol. The Hall–Kier alpha value is -2.82. The second kappa shape index (κ2) is 9.21. The Morgan fingerprint density at radius 1 is 0.963 bits per heavy atom. The molecule has 0 fully saturated rings. The van der Waals surface area contributed by atoms with E-state index in [2.05, 4.69) is 5.32 Å². The standard InChI is InChI=1S/C22H27NO4/c1-5-26-20(24)19(23-21(25)27-22(2,3)4)15-16-11-13-18(14-12-16)17-9-7-6-8-10-17/h6-14,19H,5,15H2,1-4H3,(H,23,25)/t19-/m1/s1. The Bertz CT molecular complexity index is 748. The van der Waals surface area contributed by atoms with Gasteiger partial charge in [0.05, 0.1) is 6.61 Å². The summed E-state index contributed by atoms with van der Waals surface area (Å²) in [5.74, 6) is -0.476. The van der Waals surface area contributed by atoms with Gasteiger partial charge in [0, 0.05) is 6.42 Å². The lowest BCUT2D eigenvalue weighted by molar-refractivity contribution is -0.145. The van der Waals surface area contributed by atoms with Crippen LogP contribution in [0.3, 0.4) is 0 Å². The van der Waals surface area contributed by atoms with E-state index in [4.69, 9.17) is 9.47 Å². The van der Waals surface area contributed by atoms with Crippen LogP contribution in [0.15, 0.2) is 54.6 Å². The number of carbonyl (C=O) groups is 2. The van der Waals surface area contributed by atoms with Crippen LogP contribution in [0.1, 0.15) is 33.3 Å². The minimum absolute atomic E-state index is 0.248. The lowest BCUT2D eigenvalue weighted by Gasteiger charge is -2.23. The fraction of sp³-hybridized carbons (Fsp3) is 0.364. The molecule has 2 aromatic carbocycles. The molecular weight excluding hydrogens is 342 g/mol. The van der Waals surface area contributed by atoms with E-state index in [1.54, 1.807) is 27.7 Å². The molecule has 0 aromatic heterocycles. The number of benzene rings is 2. The SMILES string of the molecule is CCOC(=O)[C@@H](Cc1ccc(-c2ccccc2)cc1)NC(=O)OC(C)(C)C. The Kier molecular flexibility index (Phi) is 6.99. The Balaban J connectivity index is 2.10. The number of hydrogen-bond acceptors (Lipinski definition) is 4. The number of nitrogens with one attached hydrogen (secondary N) is 1. The summed E-state index contributed by atoms with van der Waals surface area (Å²) >= 11 is 0. The molecule has 1 atom stereocenters. The van der Waals surface area contributed by atoms with Crippen molar-refractivity contribution < 1.29 is 19.1 Å². The second-order valence-electron chi connectivity index (χ2n) is 7.22. The fourth-order valence-electron chi connectivity index (χ4n) is 2.59. The quantitative estimate of drug-likeness (QED) is 0.769. The van der Waals surface area contributed by atoms with Gasteiger partial charge in [-0.2, -0.15) is 0 Å². The molecule has 0 heterocycles. The molecule has 0 aliphatic rings. The molecule has 0 saturated carbocycles. The van der Waals surface area contributed by atoms with Crippen LogP contribution < -0.4 is 5.32 Å². The van der Waals surface area contributed by atoms with Crippen LogP contribution in [0.2, 0.25) is 0 Å². The van der Waals surface area contributed by atoms with E-state index in [0.29, 0.717) is 6.42 Å². The number of esters is 1. The lowest BCUT2D eigenvalue weighted by Crippen LogP contribution is -2.45. The van der Waals surface area contributed by atoms with Crippen molar-refractivity contribution in [3.63, 3.8) is 0 Å². The zero-order chi connectivity index (χ0) is 19.9. The summed E-state index contributed by atoms with van der Waals surface area (Å²) in [6, 6.07) is 17.1. The molecule has 1 amide bonds. The number of alkyl carbamates (subject to hydrolysis) is 1. The van der Waals surface area contributed by atoms with Crippen molar-refractivity contribution in [1.29, 1.82) is 0 Å². The molecule has 0 radical (unpaired) electrons. The number of amides is 1. The van der Waals surface area contributed by atoms with Crippen LogP contribution >= 0.6 is 0 Å². The first-order valence-electron chi connectivity index (χ1n) is 9.09. The molecule has 5 heteroatoms. The normalized spacial score (nSPS) is 12.1. The van der Waals surface area contributed by atoms with Crippen molar-refractivity contribution in [2.45, 2.75) is 45.8 Å². The predicted molar refractivity (Wildman–Crippen MR) is 105 cm³/mol. The third kappa shape index (κ3) is 6.77. The largest absolute Gasteiger partial charge is 0.464 e. The highest BCUT2D eigenvalue weighted by Gasteiger charge is 2.25. The Morgan fingerprint density at radius 3 is 2.11 bits per heavy atom. The van der Waals surface area contributed by atoms with E-state index in [1.165, 1.54) is 0 Å². The van der Waals surface area contributed by atoms with Crippen molar-refractivity contribution in [3.05, 3.63) is 60.2 Å². The second-order valence-corrected chi connectivity index (χ2v) is 7.22. The molecule has 0 unspecified atom stereocenters. The van der Waals surface area contributed by atoms with Crippen molar-refractivity contribution >= 4 is 12.1 Å². The summed E-state index contributed by atoms with van der Waals surface area (Å²) in [7, 11) is 0. The first-order chi connectivity index (χ1) is 12.8. The van der Waals surface area contributed by atoms with Gasteiger partial charge in [0.25, 0.3) is 0 Å². The van der Waals surface area contributed by atoms with E-state index in [9.17, 15) is 9.59 Å². The summed E-state index contributed by atoms with van der Waals surface area (Å²) in [6.07, 6.45) is -0.311. The van der Waals surface area contributed by atoms with Gasteiger partial charge >= 0.3 is 12.1 Å². The zero-order valence-corrected chi connectivity index (χ0v) is 16.3. The smallest absolute Gasteiger partial charge is 0.408 e. The molecule has 0 aliphatic heterocycles. The third-order valence-corrected chi connectivity index (χ3v) is 3.76. The van der Waals surface area contributed by atoms with Gasteiger partial charge < -0.3 is 14.8 Å². The number of hydrogen-bond donors (Lipinski definition) is 1. The highest BCUT2D eigenvalue weighted by molar-refractivity contribution is 5.81. The van der Waals surface area contributed by atoms with Crippen molar-refractivity contribution in [2.75, 3.05) is 6.61 Å². The maximum atomic E-state index is 12.2. The Morgan fingerprint density at radius 2 is 1.56 bits per heavy atom. The van der Waals surface area contributed by atoms with Crippen LogP contribution in [0.25, 0.3) is 11.1 Å². The van der Waals surface area contributed by atoms with E-state index >= 15 is 0 Å². The van der Waals surface area contributed by atoms with Crippen LogP contribution in [-0.4, -0.2) is 30.3 Å². The van der Waals surface area contributed by atoms with Crippen LogP contribution in [0.4, 0.5) is 4.79 Å². The summed E-state index contributed by atoms with van der Waals surface area (Å²) in [5, 5.41) is 2.62. The van der Waals surface area contributed by atoms with Gasteiger partial charge in [-0.3, -0.25) is 0 Å². The molecule has 0 spiro atoms. The van der Waals surface area contributed by atoms with Gasteiger partial charge in [-0.05, 0) is 44.4 Å². The van der Waals surface area contributed by atoms with Crippen LogP contribution in [-0.2, 0) is 20.7 Å². The Labute approximate surface area is 160 Å². The van der Waals surface area contributed by atoms with Gasteiger partial charge in [-0.25, -0.2) is 9.59 Å². The number of carbonyl (C=O) groups excluding carboxylic acids is 2. The third-order valence-electron chi connectivity index (χ3n) is 3.76. The summed E-state index contributed by atoms with van der Waals surface area (Å²) in [6.45, 7) is 7.30. The first kappa shape index (κ1) is 20.5. The van der Waals surface area contributed by atoms with Crippen LogP contribution in [0.5, 0.6) is 0 Å². The van der Waals surface area contributed by atoms with Crippen molar-refractivity contribution in [2.24, 2.45) is 0 Å². The van der Waals surface area contributed by atoms with Crippen LogP contribution in [0, 0.1) is 0 Å². The van der Waals surface area contributed by atoms with Gasteiger partial charge in [-0.1, -0.05) is 54.6 Å². The molecule has 144 valence electrons. The van der Waals surface area contributed by atoms with E-state index < -0.39 is 23.7 Å². The van der Waals surface area contributed by atoms with E-state index in [-0.39, 0.29) is 6.61 Å². The maximum Gasteiger partial charge on any atom is 0.408 e. The average Bonchev–Trinajstić information content (AvgIpc) is 2.61. The molecule has 27 heavy (non-hydrogen) atoms. The summed E-state index contributed by atoms with van der Waals surface area (Å²) < 4.78 is 10.3. The minimum atomic E-state index is -0.803. The first-order valence-corrected chi connectivity index (χ1v) is 9.09. The van der Waals surface area contributed by atoms with E-state index in [0.717, 1.165) is 16.7 Å². The van der Waals surface area contributed by atoms with Crippen molar-refractivity contribution in [3.8, 4) is 11.1 Å². The molecular formula is C22H27NO4. The molecule has 0 aliphatic carbocycles. The van der Waals surface area contributed by atoms with Gasteiger partial charge in [0.1, 0.15) is 11.6 Å². The molecule has 1 N–H and O–H groups in total. The topological polar surface area (TPSA) is 64.6 Å². The van der Waals surface area contributed by atoms with Gasteiger partial charge in [-0.15, -0.1) is 0 Å². The molecule has 5 nitrogen and oxygen atoms in total. The summed E-state index contributed by atoms with van der Waals surface area (Å²) in [5.41, 5.74) is 2.49. The molecule has 2 aromatic rings. The molecule has 2 rings (SSSR count). The van der Waals surface area contributed by atoms with Crippen molar-refractivity contribution in [1.82, 2.24) is 5.32 Å². The zero-order valence-electron chi connectivity index (χ0n) is 16.3. The predicted octanol–water partition coefficient (Wildman–Crippen LogP) is 4.35. The highest BCUT2D eigenvalue weighted by atomic mass is 16.6. The lowest BCUT2D eigenvalue weighted by atomic mass is 10.0. The average molecular weight is 369 g/mol. The maximum absolute atomic E-state index is 12.2. The number of rotatable bonds is 6.